The molecule has 0 aliphatic carbocycles. The van der Waals surface area contributed by atoms with E-state index in [0.717, 1.165) is 25.0 Å². The highest BCUT2D eigenvalue weighted by Crippen LogP contribution is 2.19. The van der Waals surface area contributed by atoms with Crippen LogP contribution in [0.4, 0.5) is 14.5 Å². The molecule has 19 heavy (non-hydrogen) atoms. The number of benzene rings is 1. The van der Waals surface area contributed by atoms with E-state index >= 15 is 0 Å². The molecule has 0 aliphatic rings. The Morgan fingerprint density at radius 1 is 1.37 bits per heavy atom. The van der Waals surface area contributed by atoms with Crippen molar-refractivity contribution in [1.82, 2.24) is 4.90 Å². The van der Waals surface area contributed by atoms with Crippen LogP contribution < -0.4 is 5.73 Å². The van der Waals surface area contributed by atoms with Gasteiger partial charge < -0.3 is 15.7 Å². The fourth-order valence-corrected chi connectivity index (χ4v) is 1.72. The van der Waals surface area contributed by atoms with Crippen molar-refractivity contribution >= 4 is 11.6 Å². The summed E-state index contributed by atoms with van der Waals surface area (Å²) in [5.41, 5.74) is 4.50. The minimum Gasteiger partial charge on any atom is -0.396 e. The third-order valence-corrected chi connectivity index (χ3v) is 2.73. The van der Waals surface area contributed by atoms with E-state index < -0.39 is 28.8 Å². The second kappa shape index (κ2) is 7.04. The highest BCUT2D eigenvalue weighted by Gasteiger charge is 2.21. The number of hydrogen-bond donors (Lipinski definition) is 2. The molecule has 1 rings (SSSR count). The zero-order valence-electron chi connectivity index (χ0n) is 10.8. The first-order chi connectivity index (χ1) is 9.01. The lowest BCUT2D eigenvalue weighted by Crippen LogP contribution is -2.35. The Morgan fingerprint density at radius 3 is 2.63 bits per heavy atom. The Balaban J connectivity index is 3.01. The summed E-state index contributed by atoms with van der Waals surface area (Å²) in [6.07, 6.45) is 1.57. The molecule has 0 radical (unpaired) electrons. The van der Waals surface area contributed by atoms with E-state index in [1.807, 2.05) is 6.92 Å². The molecular formula is C13H18F2N2O2. The van der Waals surface area contributed by atoms with Crippen LogP contribution in [0.2, 0.25) is 0 Å². The van der Waals surface area contributed by atoms with Gasteiger partial charge in [0.1, 0.15) is 5.82 Å². The molecule has 0 saturated heterocycles. The van der Waals surface area contributed by atoms with Gasteiger partial charge in [0, 0.05) is 13.1 Å². The van der Waals surface area contributed by atoms with Gasteiger partial charge in [0.15, 0.2) is 5.82 Å². The number of hydrogen-bond acceptors (Lipinski definition) is 3. The average Bonchev–Trinajstić information content (AvgIpc) is 2.38. The van der Waals surface area contributed by atoms with E-state index in [1.165, 1.54) is 4.90 Å². The predicted octanol–water partition coefficient (Wildman–Crippen LogP) is 1.78. The summed E-state index contributed by atoms with van der Waals surface area (Å²) in [6, 6.07) is 1.65. The molecule has 0 fully saturated rings. The molecule has 1 aromatic carbocycles. The van der Waals surface area contributed by atoms with Crippen LogP contribution in [0.5, 0.6) is 0 Å². The normalized spacial score (nSPS) is 10.5. The van der Waals surface area contributed by atoms with Gasteiger partial charge in [-0.3, -0.25) is 4.79 Å². The van der Waals surface area contributed by atoms with Crippen LogP contribution >= 0.6 is 0 Å². The second-order valence-electron chi connectivity index (χ2n) is 4.23. The summed E-state index contributed by atoms with van der Waals surface area (Å²) in [4.78, 5) is 13.4. The van der Waals surface area contributed by atoms with E-state index in [2.05, 4.69) is 0 Å². The van der Waals surface area contributed by atoms with E-state index in [4.69, 9.17) is 10.8 Å². The molecule has 1 aromatic rings. The number of nitrogens with two attached hydrogens (primary N) is 1. The number of carbonyl (C=O) groups is 1. The number of halogens is 2. The Kier molecular flexibility index (Phi) is 5.69. The van der Waals surface area contributed by atoms with Crippen molar-refractivity contribution in [3.05, 3.63) is 29.3 Å². The molecule has 0 bridgehead atoms. The maximum Gasteiger partial charge on any atom is 0.257 e. The number of nitrogens with zero attached hydrogens (tertiary/aromatic N) is 1. The number of amides is 1. The lowest BCUT2D eigenvalue weighted by molar-refractivity contribution is 0.0714. The number of anilines is 1. The molecule has 1 amide bonds. The maximum absolute atomic E-state index is 13.8. The van der Waals surface area contributed by atoms with Crippen molar-refractivity contribution in [3.63, 3.8) is 0 Å². The van der Waals surface area contributed by atoms with E-state index in [0.29, 0.717) is 6.54 Å². The first-order valence-corrected chi connectivity index (χ1v) is 6.15. The molecule has 0 atom stereocenters. The van der Waals surface area contributed by atoms with E-state index in [9.17, 15) is 13.6 Å². The number of carbonyl (C=O) groups excluding carboxylic acids is 1. The van der Waals surface area contributed by atoms with E-state index in [1.54, 1.807) is 0 Å². The zero-order valence-corrected chi connectivity index (χ0v) is 10.8. The molecule has 106 valence electrons. The van der Waals surface area contributed by atoms with Crippen LogP contribution in [0.3, 0.4) is 0 Å². The van der Waals surface area contributed by atoms with Crippen molar-refractivity contribution in [3.8, 4) is 0 Å². The molecule has 4 nitrogen and oxygen atoms in total. The van der Waals surface area contributed by atoms with Gasteiger partial charge in [-0.15, -0.1) is 0 Å². The monoisotopic (exact) mass is 272 g/mol. The molecule has 0 unspecified atom stereocenters. The summed E-state index contributed by atoms with van der Waals surface area (Å²) in [6.45, 7) is 2.17. The van der Waals surface area contributed by atoms with Crippen molar-refractivity contribution < 1.29 is 18.7 Å². The van der Waals surface area contributed by atoms with Crippen molar-refractivity contribution in [2.24, 2.45) is 0 Å². The molecule has 0 aromatic heterocycles. The van der Waals surface area contributed by atoms with Crippen LogP contribution in [-0.4, -0.2) is 35.6 Å². The number of aliphatic hydroxyl groups is 1. The molecule has 0 saturated carbocycles. The molecule has 3 N–H and O–H groups in total. The molecule has 0 spiro atoms. The largest absolute Gasteiger partial charge is 0.396 e. The lowest BCUT2D eigenvalue weighted by Gasteiger charge is -2.22. The van der Waals surface area contributed by atoms with E-state index in [-0.39, 0.29) is 13.2 Å². The highest BCUT2D eigenvalue weighted by atomic mass is 19.1. The quantitative estimate of drug-likeness (QED) is 0.776. The van der Waals surface area contributed by atoms with Gasteiger partial charge in [0.2, 0.25) is 0 Å². The predicted molar refractivity (Wildman–Crippen MR) is 68.7 cm³/mol. The van der Waals surface area contributed by atoms with Crippen LogP contribution in [0.25, 0.3) is 0 Å². The fraction of sp³-hybridized carbons (Fsp3) is 0.462. The summed E-state index contributed by atoms with van der Waals surface area (Å²) in [5, 5.41) is 8.92. The first-order valence-electron chi connectivity index (χ1n) is 6.15. The Bertz CT molecular complexity index is 453. The summed E-state index contributed by atoms with van der Waals surface area (Å²) >= 11 is 0. The van der Waals surface area contributed by atoms with Gasteiger partial charge in [0.25, 0.3) is 5.91 Å². The van der Waals surface area contributed by atoms with Gasteiger partial charge in [-0.25, -0.2) is 8.78 Å². The minimum absolute atomic E-state index is 0.0781. The minimum atomic E-state index is -0.925. The van der Waals surface area contributed by atoms with Gasteiger partial charge in [0.05, 0.1) is 17.9 Å². The first kappa shape index (κ1) is 15.4. The van der Waals surface area contributed by atoms with Gasteiger partial charge in [-0.2, -0.15) is 0 Å². The maximum atomic E-state index is 13.8. The van der Waals surface area contributed by atoms with Gasteiger partial charge >= 0.3 is 0 Å². The third kappa shape index (κ3) is 3.89. The standard InChI is InChI=1S/C13H18F2N2O2/c1-2-3-4-17(5-6-18)13(19)10-7-9(14)8-11(16)12(10)15/h7-8,18H,2-6,16H2,1H3. The number of nitrogen functional groups attached to an aromatic ring is 1. The van der Waals surface area contributed by atoms with Crippen LogP contribution in [0.1, 0.15) is 30.1 Å². The number of rotatable bonds is 6. The second-order valence-corrected chi connectivity index (χ2v) is 4.23. The fourth-order valence-electron chi connectivity index (χ4n) is 1.72. The molecule has 0 heterocycles. The number of unbranched alkanes of at least 4 members (excludes halogenated alkanes) is 1. The van der Waals surface area contributed by atoms with Crippen LogP contribution in [0.15, 0.2) is 12.1 Å². The summed E-state index contributed by atoms with van der Waals surface area (Å²) in [7, 11) is 0. The van der Waals surface area contributed by atoms with Crippen molar-refractivity contribution in [1.29, 1.82) is 0 Å². The lowest BCUT2D eigenvalue weighted by atomic mass is 10.1. The van der Waals surface area contributed by atoms with Gasteiger partial charge in [-0.1, -0.05) is 13.3 Å². The molecule has 6 heteroatoms. The third-order valence-electron chi connectivity index (χ3n) is 2.73. The van der Waals surface area contributed by atoms with Crippen LogP contribution in [-0.2, 0) is 0 Å². The zero-order chi connectivity index (χ0) is 14.4. The Labute approximate surface area is 110 Å². The smallest absolute Gasteiger partial charge is 0.257 e. The topological polar surface area (TPSA) is 66.6 Å². The Morgan fingerprint density at radius 2 is 2.05 bits per heavy atom. The average molecular weight is 272 g/mol. The summed E-state index contributed by atoms with van der Waals surface area (Å²) < 4.78 is 27.0. The SMILES string of the molecule is CCCCN(CCO)C(=O)c1cc(F)cc(N)c1F. The van der Waals surface area contributed by atoms with Crippen molar-refractivity contribution in [2.45, 2.75) is 19.8 Å². The summed E-state index contributed by atoms with van der Waals surface area (Å²) in [5.74, 6) is -2.35. The highest BCUT2D eigenvalue weighted by molar-refractivity contribution is 5.95. The van der Waals surface area contributed by atoms with Gasteiger partial charge in [-0.05, 0) is 18.6 Å². The Hall–Kier alpha value is -1.69. The van der Waals surface area contributed by atoms with Crippen LogP contribution in [0, 0.1) is 11.6 Å². The number of aliphatic hydroxyl groups excluding tert-OH is 1. The molecular weight excluding hydrogens is 254 g/mol. The molecule has 0 aliphatic heterocycles. The van der Waals surface area contributed by atoms with Crippen molar-refractivity contribution in [2.75, 3.05) is 25.4 Å².